The summed E-state index contributed by atoms with van der Waals surface area (Å²) in [5.74, 6) is 1.73. The minimum atomic E-state index is -0.697. The van der Waals surface area contributed by atoms with Crippen LogP contribution in [0.5, 0.6) is 0 Å². The second-order valence-corrected chi connectivity index (χ2v) is 8.85. The van der Waals surface area contributed by atoms with E-state index in [4.69, 9.17) is 0 Å². The largest absolute Gasteiger partial charge is 0.315 e. The zero-order chi connectivity index (χ0) is 13.8. The molecule has 0 aliphatic heterocycles. The van der Waals surface area contributed by atoms with Gasteiger partial charge in [0.1, 0.15) is 0 Å². The molecule has 1 N–H and O–H groups in total. The Balaban J connectivity index is 2.18. The summed E-state index contributed by atoms with van der Waals surface area (Å²) < 4.78 is 11.3. The van der Waals surface area contributed by atoms with Gasteiger partial charge in [0.05, 0.1) is 0 Å². The average molecular weight is 273 g/mol. The molecule has 0 saturated heterocycles. The summed E-state index contributed by atoms with van der Waals surface area (Å²) in [6.07, 6.45) is 7.27. The average Bonchev–Trinajstić information content (AvgIpc) is 2.28. The Morgan fingerprint density at radius 2 is 1.78 bits per heavy atom. The fourth-order valence-electron chi connectivity index (χ4n) is 2.84. The van der Waals surface area contributed by atoms with Gasteiger partial charge in [-0.1, -0.05) is 20.8 Å². The molecule has 0 bridgehead atoms. The van der Waals surface area contributed by atoms with Gasteiger partial charge in [0.25, 0.3) is 0 Å². The maximum atomic E-state index is 11.3. The van der Waals surface area contributed by atoms with Gasteiger partial charge >= 0.3 is 0 Å². The van der Waals surface area contributed by atoms with Crippen molar-refractivity contribution in [2.75, 3.05) is 19.3 Å². The fourth-order valence-corrected chi connectivity index (χ4v) is 3.19. The van der Waals surface area contributed by atoms with Gasteiger partial charge in [0.15, 0.2) is 0 Å². The molecule has 3 heteroatoms. The highest BCUT2D eigenvalue weighted by molar-refractivity contribution is 7.84. The van der Waals surface area contributed by atoms with E-state index in [1.807, 2.05) is 0 Å². The van der Waals surface area contributed by atoms with Crippen LogP contribution in [0.4, 0.5) is 0 Å². The summed E-state index contributed by atoms with van der Waals surface area (Å²) in [6, 6.07) is 0. The van der Waals surface area contributed by atoms with Crippen LogP contribution in [0.3, 0.4) is 0 Å². The normalized spacial score (nSPS) is 28.9. The summed E-state index contributed by atoms with van der Waals surface area (Å²) >= 11 is 0. The lowest BCUT2D eigenvalue weighted by Crippen LogP contribution is -2.34. The van der Waals surface area contributed by atoms with Gasteiger partial charge in [0.2, 0.25) is 0 Å². The van der Waals surface area contributed by atoms with Crippen molar-refractivity contribution in [1.29, 1.82) is 0 Å². The molecular formula is C15H31NOS. The summed E-state index contributed by atoms with van der Waals surface area (Å²) in [5.41, 5.74) is 0.478. The molecule has 1 aliphatic rings. The van der Waals surface area contributed by atoms with Crippen molar-refractivity contribution in [1.82, 2.24) is 5.32 Å². The lowest BCUT2D eigenvalue weighted by molar-refractivity contribution is 0.149. The van der Waals surface area contributed by atoms with E-state index in [2.05, 4.69) is 33.0 Å². The van der Waals surface area contributed by atoms with E-state index in [0.717, 1.165) is 24.9 Å². The molecule has 1 rings (SSSR count). The number of rotatable bonds is 5. The molecule has 1 aliphatic carbocycles. The first-order valence-corrected chi connectivity index (χ1v) is 8.95. The fraction of sp³-hybridized carbons (Fsp3) is 1.00. The van der Waals surface area contributed by atoms with Crippen molar-refractivity contribution in [3.8, 4) is 0 Å². The highest BCUT2D eigenvalue weighted by Gasteiger charge is 2.29. The van der Waals surface area contributed by atoms with Crippen molar-refractivity contribution in [2.24, 2.45) is 17.3 Å². The third-order valence-electron chi connectivity index (χ3n) is 4.50. The molecule has 0 amide bonds. The van der Waals surface area contributed by atoms with E-state index in [0.29, 0.717) is 5.41 Å². The summed E-state index contributed by atoms with van der Waals surface area (Å²) in [6.45, 7) is 11.2. The molecular weight excluding hydrogens is 242 g/mol. The quantitative estimate of drug-likeness (QED) is 0.833. The van der Waals surface area contributed by atoms with E-state index >= 15 is 0 Å². The van der Waals surface area contributed by atoms with Crippen LogP contribution in [0, 0.1) is 17.3 Å². The maximum absolute atomic E-state index is 11.3. The molecule has 18 heavy (non-hydrogen) atoms. The first-order valence-electron chi connectivity index (χ1n) is 7.33. The maximum Gasteiger partial charge on any atom is 0.0441 e. The van der Waals surface area contributed by atoms with Gasteiger partial charge in [-0.05, 0) is 56.4 Å². The molecule has 1 fully saturated rings. The molecule has 2 atom stereocenters. The molecule has 0 spiro atoms. The van der Waals surface area contributed by atoms with Crippen LogP contribution in [0.2, 0.25) is 0 Å². The van der Waals surface area contributed by atoms with Gasteiger partial charge in [-0.3, -0.25) is 4.21 Å². The highest BCUT2D eigenvalue weighted by Crippen LogP contribution is 2.39. The molecule has 0 aromatic heterocycles. The van der Waals surface area contributed by atoms with Gasteiger partial charge in [-0.25, -0.2) is 0 Å². The van der Waals surface area contributed by atoms with Crippen LogP contribution in [0.15, 0.2) is 0 Å². The number of hydrogen-bond donors (Lipinski definition) is 1. The molecule has 108 valence electrons. The van der Waals surface area contributed by atoms with E-state index < -0.39 is 10.8 Å². The van der Waals surface area contributed by atoms with E-state index in [1.54, 1.807) is 6.26 Å². The minimum Gasteiger partial charge on any atom is -0.315 e. The van der Waals surface area contributed by atoms with Crippen LogP contribution >= 0.6 is 0 Å². The second-order valence-electron chi connectivity index (χ2n) is 7.05. The Hall–Kier alpha value is 0.110. The van der Waals surface area contributed by atoms with Gasteiger partial charge in [-0.15, -0.1) is 0 Å². The minimum absolute atomic E-state index is 0.274. The Morgan fingerprint density at radius 3 is 2.22 bits per heavy atom. The Kier molecular flexibility index (Phi) is 6.32. The first-order chi connectivity index (χ1) is 8.30. The molecule has 2 nitrogen and oxygen atoms in total. The third kappa shape index (κ3) is 5.40. The van der Waals surface area contributed by atoms with Crippen LogP contribution in [0.25, 0.3) is 0 Å². The molecule has 0 aromatic carbocycles. The molecule has 1 saturated carbocycles. The Morgan fingerprint density at radius 1 is 1.22 bits per heavy atom. The number of nitrogens with one attached hydrogen (secondary N) is 1. The molecule has 0 heterocycles. The van der Waals surface area contributed by atoms with Crippen molar-refractivity contribution >= 4 is 10.8 Å². The summed E-state index contributed by atoms with van der Waals surface area (Å²) in [7, 11) is -0.697. The second kappa shape index (κ2) is 7.04. The van der Waals surface area contributed by atoms with E-state index in [-0.39, 0.29) is 5.25 Å². The zero-order valence-corrected chi connectivity index (χ0v) is 13.6. The van der Waals surface area contributed by atoms with Crippen molar-refractivity contribution < 1.29 is 4.21 Å². The summed E-state index contributed by atoms with van der Waals surface area (Å²) in [4.78, 5) is 0. The first kappa shape index (κ1) is 16.2. The third-order valence-corrected chi connectivity index (χ3v) is 5.80. The highest BCUT2D eigenvalue weighted by atomic mass is 32.2. The smallest absolute Gasteiger partial charge is 0.0441 e. The SMILES string of the molecule is CC(CNCC1CCC(C(C)(C)C)CC1)S(C)=O. The lowest BCUT2D eigenvalue weighted by atomic mass is 9.70. The summed E-state index contributed by atoms with van der Waals surface area (Å²) in [5, 5.41) is 3.77. The van der Waals surface area contributed by atoms with Gasteiger partial charge in [-0.2, -0.15) is 0 Å². The van der Waals surface area contributed by atoms with Crippen molar-refractivity contribution in [3.05, 3.63) is 0 Å². The van der Waals surface area contributed by atoms with Crippen molar-refractivity contribution in [3.63, 3.8) is 0 Å². The Labute approximate surface area is 116 Å². The number of hydrogen-bond acceptors (Lipinski definition) is 2. The Bertz CT molecular complexity index is 264. The van der Waals surface area contributed by atoms with Gasteiger partial charge < -0.3 is 5.32 Å². The van der Waals surface area contributed by atoms with Gasteiger partial charge in [0, 0.05) is 28.9 Å². The van der Waals surface area contributed by atoms with Crippen LogP contribution in [-0.4, -0.2) is 28.8 Å². The monoisotopic (exact) mass is 273 g/mol. The van der Waals surface area contributed by atoms with E-state index in [1.165, 1.54) is 25.7 Å². The molecule has 0 aromatic rings. The lowest BCUT2D eigenvalue weighted by Gasteiger charge is -2.37. The topological polar surface area (TPSA) is 29.1 Å². The van der Waals surface area contributed by atoms with Crippen molar-refractivity contribution in [2.45, 2.75) is 58.6 Å². The standard InChI is InChI=1S/C15H31NOS/c1-12(18(5)17)10-16-11-13-6-8-14(9-7-13)15(2,3)4/h12-14,16H,6-11H2,1-5H3. The van der Waals surface area contributed by atoms with Crippen LogP contribution in [0.1, 0.15) is 53.4 Å². The van der Waals surface area contributed by atoms with E-state index in [9.17, 15) is 4.21 Å². The molecule has 0 radical (unpaired) electrons. The van der Waals surface area contributed by atoms with Crippen LogP contribution in [-0.2, 0) is 10.8 Å². The van der Waals surface area contributed by atoms with Crippen LogP contribution < -0.4 is 5.32 Å². The zero-order valence-electron chi connectivity index (χ0n) is 12.8. The molecule has 2 unspecified atom stereocenters. The predicted octanol–water partition coefficient (Wildman–Crippen LogP) is 3.20. The predicted molar refractivity (Wildman–Crippen MR) is 81.3 cm³/mol.